The van der Waals surface area contributed by atoms with Crippen LogP contribution in [0.4, 0.5) is 0 Å². The lowest BCUT2D eigenvalue weighted by Gasteiger charge is -2.43. The molecule has 1 aromatic rings. The van der Waals surface area contributed by atoms with Gasteiger partial charge >= 0.3 is 0 Å². The molecule has 1 heterocycles. The van der Waals surface area contributed by atoms with Crippen molar-refractivity contribution in [2.24, 2.45) is 0 Å². The standard InChI is InChI=1S/C17H29N3/c1-13-6-8-16(9-7-13)17(18-4)15(3)20-11-10-19(5)14(2)12-20/h6-9,14-15,17-18H,10-12H2,1-5H3. The van der Waals surface area contributed by atoms with Crippen LogP contribution in [-0.4, -0.2) is 55.6 Å². The average Bonchev–Trinajstić information content (AvgIpc) is 2.44. The van der Waals surface area contributed by atoms with E-state index in [4.69, 9.17) is 0 Å². The zero-order valence-electron chi connectivity index (χ0n) is 13.6. The van der Waals surface area contributed by atoms with Crippen LogP contribution in [0, 0.1) is 6.92 Å². The van der Waals surface area contributed by atoms with Gasteiger partial charge in [-0.15, -0.1) is 0 Å². The fraction of sp³-hybridized carbons (Fsp3) is 0.647. The molecule has 0 radical (unpaired) electrons. The van der Waals surface area contributed by atoms with E-state index in [0.29, 0.717) is 18.1 Å². The molecule has 1 aliphatic rings. The third-order valence-electron chi connectivity index (χ3n) is 4.80. The Morgan fingerprint density at radius 3 is 2.40 bits per heavy atom. The first-order chi connectivity index (χ1) is 9.52. The minimum Gasteiger partial charge on any atom is -0.312 e. The van der Waals surface area contributed by atoms with Crippen molar-refractivity contribution in [2.75, 3.05) is 33.7 Å². The average molecular weight is 275 g/mol. The molecule has 3 heteroatoms. The van der Waals surface area contributed by atoms with Gasteiger partial charge in [0.15, 0.2) is 0 Å². The zero-order valence-corrected chi connectivity index (χ0v) is 13.6. The Morgan fingerprint density at radius 1 is 1.20 bits per heavy atom. The lowest BCUT2D eigenvalue weighted by Crippen LogP contribution is -2.55. The predicted octanol–water partition coefficient (Wildman–Crippen LogP) is 2.28. The van der Waals surface area contributed by atoms with Crippen molar-refractivity contribution in [1.29, 1.82) is 0 Å². The van der Waals surface area contributed by atoms with Crippen molar-refractivity contribution in [1.82, 2.24) is 15.1 Å². The Kier molecular flexibility index (Phi) is 5.19. The van der Waals surface area contributed by atoms with Crippen LogP contribution in [0.3, 0.4) is 0 Å². The molecule has 0 aromatic heterocycles. The number of piperazine rings is 1. The van der Waals surface area contributed by atoms with Gasteiger partial charge in [-0.2, -0.15) is 0 Å². The third-order valence-corrected chi connectivity index (χ3v) is 4.80. The van der Waals surface area contributed by atoms with Crippen molar-refractivity contribution in [2.45, 2.75) is 38.9 Å². The third kappa shape index (κ3) is 3.40. The van der Waals surface area contributed by atoms with Gasteiger partial charge < -0.3 is 10.2 Å². The Labute approximate surface area is 124 Å². The molecule has 1 fully saturated rings. The second-order valence-corrected chi connectivity index (χ2v) is 6.24. The van der Waals surface area contributed by atoms with Crippen molar-refractivity contribution in [3.63, 3.8) is 0 Å². The molecule has 112 valence electrons. The highest BCUT2D eigenvalue weighted by atomic mass is 15.3. The molecule has 1 aromatic carbocycles. The number of benzene rings is 1. The lowest BCUT2D eigenvalue weighted by molar-refractivity contribution is 0.0644. The molecule has 0 bridgehead atoms. The SMILES string of the molecule is CNC(c1ccc(C)cc1)C(C)N1CCN(C)C(C)C1. The summed E-state index contributed by atoms with van der Waals surface area (Å²) in [6.07, 6.45) is 0. The van der Waals surface area contributed by atoms with Crippen LogP contribution in [-0.2, 0) is 0 Å². The topological polar surface area (TPSA) is 18.5 Å². The molecule has 0 aliphatic carbocycles. The molecular weight excluding hydrogens is 246 g/mol. The molecule has 1 aliphatic heterocycles. The molecule has 1 N–H and O–H groups in total. The number of rotatable bonds is 4. The molecule has 20 heavy (non-hydrogen) atoms. The second kappa shape index (κ2) is 6.70. The Hall–Kier alpha value is -0.900. The summed E-state index contributed by atoms with van der Waals surface area (Å²) in [6.45, 7) is 10.3. The quantitative estimate of drug-likeness (QED) is 0.909. The van der Waals surface area contributed by atoms with E-state index in [0.717, 1.165) is 19.6 Å². The van der Waals surface area contributed by atoms with Crippen molar-refractivity contribution in [3.8, 4) is 0 Å². The van der Waals surface area contributed by atoms with Gasteiger partial charge in [-0.25, -0.2) is 0 Å². The maximum atomic E-state index is 3.51. The summed E-state index contributed by atoms with van der Waals surface area (Å²) in [5.41, 5.74) is 2.71. The Bertz CT molecular complexity index is 415. The van der Waals surface area contributed by atoms with Crippen LogP contribution < -0.4 is 5.32 Å². The first-order valence-corrected chi connectivity index (χ1v) is 7.71. The first kappa shape index (κ1) is 15.5. The molecule has 0 spiro atoms. The molecule has 3 unspecified atom stereocenters. The van der Waals surface area contributed by atoms with Crippen LogP contribution >= 0.6 is 0 Å². The van der Waals surface area contributed by atoms with Gasteiger partial charge in [-0.1, -0.05) is 29.8 Å². The molecule has 2 rings (SSSR count). The number of hydrogen-bond donors (Lipinski definition) is 1. The first-order valence-electron chi connectivity index (χ1n) is 7.71. The van der Waals surface area contributed by atoms with Gasteiger partial charge in [0.1, 0.15) is 0 Å². The highest BCUT2D eigenvalue weighted by Crippen LogP contribution is 2.23. The minimum atomic E-state index is 0.395. The highest BCUT2D eigenvalue weighted by Gasteiger charge is 2.28. The summed E-state index contributed by atoms with van der Waals surface area (Å²) >= 11 is 0. The van der Waals surface area contributed by atoms with E-state index in [2.05, 4.69) is 74.2 Å². The number of nitrogens with one attached hydrogen (secondary N) is 1. The van der Waals surface area contributed by atoms with E-state index in [1.54, 1.807) is 0 Å². The fourth-order valence-electron chi connectivity index (χ4n) is 3.12. The molecule has 0 amide bonds. The fourth-order valence-corrected chi connectivity index (χ4v) is 3.12. The van der Waals surface area contributed by atoms with E-state index < -0.39 is 0 Å². The predicted molar refractivity (Wildman–Crippen MR) is 86.1 cm³/mol. The number of nitrogens with zero attached hydrogens (tertiary/aromatic N) is 2. The van der Waals surface area contributed by atoms with E-state index in [1.165, 1.54) is 11.1 Å². The Balaban J connectivity index is 2.09. The van der Waals surface area contributed by atoms with Gasteiger partial charge in [0.2, 0.25) is 0 Å². The summed E-state index contributed by atoms with van der Waals surface area (Å²) < 4.78 is 0. The van der Waals surface area contributed by atoms with Crippen molar-refractivity contribution < 1.29 is 0 Å². The smallest absolute Gasteiger partial charge is 0.0473 e. The van der Waals surface area contributed by atoms with Crippen LogP contribution in [0.1, 0.15) is 31.0 Å². The number of aryl methyl sites for hydroxylation is 1. The minimum absolute atomic E-state index is 0.395. The summed E-state index contributed by atoms with van der Waals surface area (Å²) in [5.74, 6) is 0. The number of likely N-dealkylation sites (N-methyl/N-ethyl adjacent to an activating group) is 2. The second-order valence-electron chi connectivity index (χ2n) is 6.24. The van der Waals surface area contributed by atoms with E-state index in [-0.39, 0.29) is 0 Å². The summed E-state index contributed by atoms with van der Waals surface area (Å²) in [6, 6.07) is 10.5. The maximum absolute atomic E-state index is 3.51. The zero-order chi connectivity index (χ0) is 14.7. The monoisotopic (exact) mass is 275 g/mol. The largest absolute Gasteiger partial charge is 0.312 e. The normalized spacial score (nSPS) is 24.6. The van der Waals surface area contributed by atoms with Crippen molar-refractivity contribution in [3.05, 3.63) is 35.4 Å². The summed E-state index contributed by atoms with van der Waals surface area (Å²) in [5, 5.41) is 3.51. The van der Waals surface area contributed by atoms with Crippen LogP contribution in [0.5, 0.6) is 0 Å². The molecule has 3 nitrogen and oxygen atoms in total. The molecule has 1 saturated heterocycles. The molecule has 0 saturated carbocycles. The van der Waals surface area contributed by atoms with Gasteiger partial charge in [0, 0.05) is 37.8 Å². The lowest BCUT2D eigenvalue weighted by atomic mass is 9.97. The van der Waals surface area contributed by atoms with E-state index in [9.17, 15) is 0 Å². The van der Waals surface area contributed by atoms with Gasteiger partial charge in [0.05, 0.1) is 0 Å². The molecule has 3 atom stereocenters. The maximum Gasteiger partial charge on any atom is 0.0473 e. The van der Waals surface area contributed by atoms with Gasteiger partial charge in [0.25, 0.3) is 0 Å². The van der Waals surface area contributed by atoms with Crippen molar-refractivity contribution >= 4 is 0 Å². The molecular formula is C17H29N3. The van der Waals surface area contributed by atoms with Gasteiger partial charge in [-0.3, -0.25) is 4.90 Å². The van der Waals surface area contributed by atoms with Crippen LogP contribution in [0.2, 0.25) is 0 Å². The highest BCUT2D eigenvalue weighted by molar-refractivity contribution is 5.25. The van der Waals surface area contributed by atoms with Crippen LogP contribution in [0.25, 0.3) is 0 Å². The summed E-state index contributed by atoms with van der Waals surface area (Å²) in [7, 11) is 4.29. The summed E-state index contributed by atoms with van der Waals surface area (Å²) in [4.78, 5) is 5.06. The van der Waals surface area contributed by atoms with Gasteiger partial charge in [-0.05, 0) is 40.4 Å². The van der Waals surface area contributed by atoms with E-state index >= 15 is 0 Å². The van der Waals surface area contributed by atoms with Crippen LogP contribution in [0.15, 0.2) is 24.3 Å². The number of hydrogen-bond acceptors (Lipinski definition) is 3. The van der Waals surface area contributed by atoms with E-state index in [1.807, 2.05) is 0 Å². The Morgan fingerprint density at radius 2 is 1.85 bits per heavy atom.